The number of rotatable bonds is 4. The fourth-order valence-corrected chi connectivity index (χ4v) is 3.07. The molecule has 0 saturated carbocycles. The van der Waals surface area contributed by atoms with Crippen LogP contribution in [-0.4, -0.2) is 25.0 Å². The third kappa shape index (κ3) is 3.17. The predicted octanol–water partition coefficient (Wildman–Crippen LogP) is 3.95. The van der Waals surface area contributed by atoms with Crippen LogP contribution in [0.2, 0.25) is 0 Å². The van der Waals surface area contributed by atoms with Crippen LogP contribution in [0.3, 0.4) is 0 Å². The standard InChI is InChI=1S/C18H17N5S/c1-12-4-5-16(10-13(12)2)23-17(15-6-8-20-9-7-15)21-22-18(23)24-14(3)11-19/h4-10,14H,1-3H3/t14-/m1/s1. The van der Waals surface area contributed by atoms with Crippen molar-refractivity contribution in [3.8, 4) is 23.1 Å². The minimum absolute atomic E-state index is 0.204. The number of nitrogens with zero attached hydrogens (tertiary/aromatic N) is 5. The summed E-state index contributed by atoms with van der Waals surface area (Å²) in [6, 6.07) is 12.3. The van der Waals surface area contributed by atoms with Crippen LogP contribution in [0.1, 0.15) is 18.1 Å². The highest BCUT2D eigenvalue weighted by Gasteiger charge is 2.18. The van der Waals surface area contributed by atoms with Gasteiger partial charge in [-0.2, -0.15) is 5.26 Å². The van der Waals surface area contributed by atoms with Crippen molar-refractivity contribution in [1.29, 1.82) is 5.26 Å². The predicted molar refractivity (Wildman–Crippen MR) is 95.0 cm³/mol. The van der Waals surface area contributed by atoms with E-state index in [4.69, 9.17) is 5.26 Å². The fraction of sp³-hybridized carbons (Fsp3) is 0.222. The van der Waals surface area contributed by atoms with Crippen LogP contribution >= 0.6 is 11.8 Å². The zero-order valence-corrected chi connectivity index (χ0v) is 14.6. The minimum Gasteiger partial charge on any atom is -0.270 e. The van der Waals surface area contributed by atoms with Crippen molar-refractivity contribution in [2.75, 3.05) is 0 Å². The van der Waals surface area contributed by atoms with Crippen LogP contribution in [-0.2, 0) is 0 Å². The summed E-state index contributed by atoms with van der Waals surface area (Å²) in [5, 5.41) is 18.3. The summed E-state index contributed by atoms with van der Waals surface area (Å²) in [4.78, 5) is 4.06. The summed E-state index contributed by atoms with van der Waals surface area (Å²) in [7, 11) is 0. The molecule has 3 aromatic rings. The van der Waals surface area contributed by atoms with Crippen molar-refractivity contribution in [1.82, 2.24) is 19.7 Å². The number of hydrogen-bond acceptors (Lipinski definition) is 5. The van der Waals surface area contributed by atoms with E-state index in [0.717, 1.165) is 17.1 Å². The maximum atomic E-state index is 9.13. The molecule has 3 rings (SSSR count). The van der Waals surface area contributed by atoms with Gasteiger partial charge < -0.3 is 0 Å². The zero-order valence-electron chi connectivity index (χ0n) is 13.8. The van der Waals surface area contributed by atoms with Crippen molar-refractivity contribution in [3.63, 3.8) is 0 Å². The van der Waals surface area contributed by atoms with E-state index in [0.29, 0.717) is 5.16 Å². The Morgan fingerprint density at radius 1 is 1.08 bits per heavy atom. The third-order valence-electron chi connectivity index (χ3n) is 3.78. The lowest BCUT2D eigenvalue weighted by atomic mass is 10.1. The molecule has 0 saturated heterocycles. The zero-order chi connectivity index (χ0) is 17.1. The van der Waals surface area contributed by atoms with Crippen LogP contribution in [0.15, 0.2) is 47.9 Å². The summed E-state index contributed by atoms with van der Waals surface area (Å²) in [5.74, 6) is 0.744. The second kappa shape index (κ2) is 6.85. The van der Waals surface area contributed by atoms with Crippen molar-refractivity contribution in [2.45, 2.75) is 31.2 Å². The van der Waals surface area contributed by atoms with Gasteiger partial charge in [0.15, 0.2) is 11.0 Å². The fourth-order valence-electron chi connectivity index (χ4n) is 2.32. The van der Waals surface area contributed by atoms with Crippen molar-refractivity contribution in [2.24, 2.45) is 0 Å². The quantitative estimate of drug-likeness (QED) is 0.675. The summed E-state index contributed by atoms with van der Waals surface area (Å²) < 4.78 is 2.00. The molecule has 0 bridgehead atoms. The van der Waals surface area contributed by atoms with Gasteiger partial charge in [-0.3, -0.25) is 9.55 Å². The van der Waals surface area contributed by atoms with Gasteiger partial charge in [-0.15, -0.1) is 10.2 Å². The molecule has 1 atom stereocenters. The normalized spacial score (nSPS) is 11.9. The van der Waals surface area contributed by atoms with Gasteiger partial charge in [0.2, 0.25) is 0 Å². The van der Waals surface area contributed by atoms with E-state index in [2.05, 4.69) is 53.3 Å². The summed E-state index contributed by atoms with van der Waals surface area (Å²) in [5.41, 5.74) is 4.36. The van der Waals surface area contributed by atoms with Gasteiger partial charge in [0.05, 0.1) is 17.0 Å². The highest BCUT2D eigenvalue weighted by atomic mass is 32.2. The van der Waals surface area contributed by atoms with Crippen molar-refractivity contribution >= 4 is 11.8 Å². The topological polar surface area (TPSA) is 67.4 Å². The van der Waals surface area contributed by atoms with E-state index in [1.807, 2.05) is 23.6 Å². The van der Waals surface area contributed by atoms with Crippen molar-refractivity contribution in [3.05, 3.63) is 53.9 Å². The Hall–Kier alpha value is -2.65. The Morgan fingerprint density at radius 3 is 2.50 bits per heavy atom. The van der Waals surface area contributed by atoms with E-state index in [9.17, 15) is 0 Å². The first-order valence-corrected chi connectivity index (χ1v) is 8.48. The Labute approximate surface area is 145 Å². The first-order valence-electron chi connectivity index (χ1n) is 7.60. The molecule has 5 nitrogen and oxygen atoms in total. The summed E-state index contributed by atoms with van der Waals surface area (Å²) in [6.07, 6.45) is 3.47. The Bertz CT molecular complexity index is 896. The number of nitriles is 1. The van der Waals surface area contributed by atoms with Gasteiger partial charge >= 0.3 is 0 Å². The van der Waals surface area contributed by atoms with Gasteiger partial charge in [-0.05, 0) is 56.2 Å². The molecule has 120 valence electrons. The van der Waals surface area contributed by atoms with Crippen LogP contribution in [0, 0.1) is 25.2 Å². The molecule has 2 heterocycles. The maximum Gasteiger partial charge on any atom is 0.197 e. The van der Waals surface area contributed by atoms with Gasteiger partial charge in [0.25, 0.3) is 0 Å². The second-order valence-electron chi connectivity index (χ2n) is 5.54. The van der Waals surface area contributed by atoms with E-state index < -0.39 is 0 Å². The molecule has 0 aliphatic carbocycles. The average molecular weight is 335 g/mol. The Morgan fingerprint density at radius 2 is 1.83 bits per heavy atom. The van der Waals surface area contributed by atoms with Gasteiger partial charge in [-0.1, -0.05) is 17.8 Å². The highest BCUT2D eigenvalue weighted by Crippen LogP contribution is 2.30. The third-order valence-corrected chi connectivity index (χ3v) is 4.72. The van der Waals surface area contributed by atoms with Gasteiger partial charge in [0, 0.05) is 18.0 Å². The molecule has 1 aromatic carbocycles. The molecular formula is C18H17N5S. The Balaban J connectivity index is 2.17. The molecule has 2 aromatic heterocycles. The van der Waals surface area contributed by atoms with Crippen molar-refractivity contribution < 1.29 is 0 Å². The lowest BCUT2D eigenvalue weighted by Crippen LogP contribution is -2.02. The molecular weight excluding hydrogens is 318 g/mol. The number of aryl methyl sites for hydroxylation is 2. The summed E-state index contributed by atoms with van der Waals surface area (Å²) in [6.45, 7) is 6.03. The first-order chi connectivity index (χ1) is 11.6. The van der Waals surface area contributed by atoms with E-state index in [-0.39, 0.29) is 5.25 Å². The average Bonchev–Trinajstić information content (AvgIpc) is 3.01. The largest absolute Gasteiger partial charge is 0.270 e. The Kier molecular flexibility index (Phi) is 4.63. The number of aromatic nitrogens is 4. The molecule has 0 spiro atoms. The van der Waals surface area contributed by atoms with E-state index in [1.165, 1.54) is 22.9 Å². The molecule has 0 fully saturated rings. The van der Waals surface area contributed by atoms with Crippen LogP contribution in [0.25, 0.3) is 17.1 Å². The molecule has 6 heteroatoms. The minimum atomic E-state index is -0.204. The summed E-state index contributed by atoms with van der Waals surface area (Å²) >= 11 is 1.40. The monoisotopic (exact) mass is 335 g/mol. The maximum absolute atomic E-state index is 9.13. The van der Waals surface area contributed by atoms with Crippen LogP contribution < -0.4 is 0 Å². The lowest BCUT2D eigenvalue weighted by molar-refractivity contribution is 0.882. The number of thioether (sulfide) groups is 1. The smallest absolute Gasteiger partial charge is 0.197 e. The first kappa shape index (κ1) is 16.2. The van der Waals surface area contributed by atoms with Crippen LogP contribution in [0.4, 0.5) is 0 Å². The molecule has 0 amide bonds. The van der Waals surface area contributed by atoms with E-state index >= 15 is 0 Å². The SMILES string of the molecule is Cc1ccc(-n2c(S[C@H](C)C#N)nnc2-c2ccncc2)cc1C. The van der Waals surface area contributed by atoms with Gasteiger partial charge in [-0.25, -0.2) is 0 Å². The number of hydrogen-bond donors (Lipinski definition) is 0. The second-order valence-corrected chi connectivity index (χ2v) is 6.84. The number of benzene rings is 1. The molecule has 24 heavy (non-hydrogen) atoms. The molecule has 0 aliphatic heterocycles. The molecule has 0 radical (unpaired) electrons. The molecule has 0 unspecified atom stereocenters. The van der Waals surface area contributed by atoms with E-state index in [1.54, 1.807) is 12.4 Å². The van der Waals surface area contributed by atoms with Gasteiger partial charge in [0.1, 0.15) is 0 Å². The van der Waals surface area contributed by atoms with Crippen LogP contribution in [0.5, 0.6) is 0 Å². The molecule has 0 N–H and O–H groups in total. The lowest BCUT2D eigenvalue weighted by Gasteiger charge is -2.12. The highest BCUT2D eigenvalue weighted by molar-refractivity contribution is 8.00. The number of pyridine rings is 1. The molecule has 0 aliphatic rings.